The van der Waals surface area contributed by atoms with Gasteiger partial charge in [-0.1, -0.05) is 33.4 Å². The van der Waals surface area contributed by atoms with Crippen molar-refractivity contribution < 1.29 is 9.50 Å². The predicted octanol–water partition coefficient (Wildman–Crippen LogP) is 7.91. The highest BCUT2D eigenvalue weighted by Gasteiger charge is 2.43. The number of nitrogens with zero attached hydrogens (tertiary/aromatic N) is 6. The Hall–Kier alpha value is -3.65. The van der Waals surface area contributed by atoms with Crippen LogP contribution in [0.25, 0.3) is 10.8 Å². The lowest BCUT2D eigenvalue weighted by Gasteiger charge is -2.37. The molecular weight excluding hydrogens is 599 g/mol. The minimum Gasteiger partial charge on any atom is -0.508 e. The van der Waals surface area contributed by atoms with E-state index in [-0.39, 0.29) is 17.0 Å². The molecule has 8 heteroatoms. The van der Waals surface area contributed by atoms with Gasteiger partial charge in [0, 0.05) is 72.5 Å². The second-order valence-electron chi connectivity index (χ2n) is 15.7. The summed E-state index contributed by atoms with van der Waals surface area (Å²) in [4.78, 5) is 12.9. The third-order valence-electron chi connectivity index (χ3n) is 11.7. The van der Waals surface area contributed by atoms with Crippen LogP contribution in [-0.4, -0.2) is 68.7 Å². The van der Waals surface area contributed by atoms with Crippen molar-refractivity contribution in [2.45, 2.75) is 97.6 Å². The van der Waals surface area contributed by atoms with Crippen molar-refractivity contribution in [3.8, 4) is 5.75 Å². The number of allylic oxidation sites excluding steroid dienone is 2. The van der Waals surface area contributed by atoms with E-state index in [2.05, 4.69) is 48.2 Å². The molecule has 0 spiro atoms. The first kappa shape index (κ1) is 32.9. The summed E-state index contributed by atoms with van der Waals surface area (Å²) in [7, 11) is 2.01. The molecule has 256 valence electrons. The lowest BCUT2D eigenvalue weighted by atomic mass is 9.87. The summed E-state index contributed by atoms with van der Waals surface area (Å²) in [6, 6.07) is 6.86. The Morgan fingerprint density at radius 1 is 1.10 bits per heavy atom. The summed E-state index contributed by atoms with van der Waals surface area (Å²) in [5.41, 5.74) is 8.98. The van der Waals surface area contributed by atoms with E-state index in [1.807, 2.05) is 24.7 Å². The van der Waals surface area contributed by atoms with Gasteiger partial charge in [-0.05, 0) is 112 Å². The molecule has 0 amide bonds. The topological polar surface area (TPSA) is 60.1 Å². The Kier molecular flexibility index (Phi) is 8.67. The zero-order chi connectivity index (χ0) is 33.8. The van der Waals surface area contributed by atoms with Gasteiger partial charge in [0.05, 0.1) is 18.0 Å². The van der Waals surface area contributed by atoms with Crippen LogP contribution in [0.1, 0.15) is 89.5 Å². The fourth-order valence-corrected chi connectivity index (χ4v) is 9.35. The molecule has 1 N–H and O–H groups in total. The van der Waals surface area contributed by atoms with Gasteiger partial charge in [-0.2, -0.15) is 5.10 Å². The van der Waals surface area contributed by atoms with Gasteiger partial charge in [-0.15, -0.1) is 0 Å². The Balaban J connectivity index is 1.26. The summed E-state index contributed by atoms with van der Waals surface area (Å²) in [6.45, 7) is 19.0. The van der Waals surface area contributed by atoms with Gasteiger partial charge in [-0.3, -0.25) is 14.6 Å². The number of aromatic hydroxyl groups is 1. The van der Waals surface area contributed by atoms with Crippen LogP contribution in [0.5, 0.6) is 5.75 Å². The molecule has 3 aromatic rings. The van der Waals surface area contributed by atoms with Gasteiger partial charge in [0.15, 0.2) is 0 Å². The van der Waals surface area contributed by atoms with Gasteiger partial charge in [0.2, 0.25) is 0 Å². The molecule has 1 aromatic heterocycles. The van der Waals surface area contributed by atoms with Crippen molar-refractivity contribution in [1.82, 2.24) is 19.6 Å². The van der Waals surface area contributed by atoms with Gasteiger partial charge in [0.1, 0.15) is 11.6 Å². The van der Waals surface area contributed by atoms with Crippen LogP contribution in [-0.2, 0) is 26.4 Å². The second-order valence-corrected chi connectivity index (χ2v) is 15.7. The van der Waals surface area contributed by atoms with Crippen LogP contribution >= 0.6 is 0 Å². The van der Waals surface area contributed by atoms with E-state index < -0.39 is 0 Å². The maximum absolute atomic E-state index is 15.2. The number of halogens is 1. The number of fused-ring (bicyclic) bond motifs is 3. The first-order valence-electron chi connectivity index (χ1n) is 18.1. The third kappa shape index (κ3) is 6.17. The SMILES string of the molecule is C=C(CCC12CCCN1CCC2)N=C1CN(c2cc(O)cc3ccc(F)c(CC)c23)CC/C1=C(/C)N1Cc2cn(C)nc2CC(C)(C)C1. The standard InChI is InChI=1S/C40H53FN6O/c1-7-32-34(41)11-10-29-20-31(48)21-37(38(29)32)45-19-13-33(28(3)46-24-30-23-44(6)43-35(30)22-39(4,5)26-46)36(25-45)42-27(2)12-16-40-14-8-17-47(40)18-9-15-40/h10-11,20-21,23,48H,2,7-9,12-19,22,24-26H2,1,3-6H3/b33-28+,42-36?. The number of hydrogen-bond acceptors (Lipinski definition) is 6. The molecule has 0 aliphatic carbocycles. The summed E-state index contributed by atoms with van der Waals surface area (Å²) in [5, 5.41) is 17.4. The third-order valence-corrected chi connectivity index (χ3v) is 11.7. The molecule has 4 aliphatic rings. The predicted molar refractivity (Wildman–Crippen MR) is 194 cm³/mol. The zero-order valence-corrected chi connectivity index (χ0v) is 29.7. The summed E-state index contributed by atoms with van der Waals surface area (Å²) < 4.78 is 17.1. The highest BCUT2D eigenvalue weighted by atomic mass is 19.1. The number of phenolic OH excluding ortho intramolecular Hbond substituents is 1. The van der Waals surface area contributed by atoms with Gasteiger partial charge in [-0.25, -0.2) is 4.39 Å². The number of aliphatic imine (C=N–C) groups is 1. The number of hydrogen-bond donors (Lipinski definition) is 1. The number of phenols is 1. The molecule has 0 radical (unpaired) electrons. The molecule has 0 saturated carbocycles. The summed E-state index contributed by atoms with van der Waals surface area (Å²) >= 11 is 0. The quantitative estimate of drug-likeness (QED) is 0.281. The smallest absolute Gasteiger partial charge is 0.127 e. The van der Waals surface area contributed by atoms with Crippen molar-refractivity contribution in [2.24, 2.45) is 17.5 Å². The van der Waals surface area contributed by atoms with Gasteiger partial charge in [0.25, 0.3) is 0 Å². The van der Waals surface area contributed by atoms with Crippen molar-refractivity contribution in [2.75, 3.05) is 37.6 Å². The van der Waals surface area contributed by atoms with Crippen molar-refractivity contribution >= 4 is 22.2 Å². The molecule has 4 aliphatic heterocycles. The minimum absolute atomic E-state index is 0.0673. The summed E-state index contributed by atoms with van der Waals surface area (Å²) in [5.74, 6) is 0.000954. The normalized spacial score (nSPS) is 22.7. The van der Waals surface area contributed by atoms with E-state index in [4.69, 9.17) is 10.1 Å². The average molecular weight is 653 g/mol. The molecule has 3 fully saturated rings. The molecule has 7 rings (SSSR count). The van der Waals surface area contributed by atoms with Crippen LogP contribution in [0.15, 0.2) is 59.0 Å². The van der Waals surface area contributed by atoms with Gasteiger partial charge < -0.3 is 14.9 Å². The Labute approximate surface area is 285 Å². The summed E-state index contributed by atoms with van der Waals surface area (Å²) in [6.07, 6.45) is 11.7. The number of piperidine rings is 1. The fraction of sp³-hybridized carbons (Fsp3) is 0.550. The van der Waals surface area contributed by atoms with Gasteiger partial charge >= 0.3 is 0 Å². The molecule has 0 atom stereocenters. The molecule has 2 aromatic carbocycles. The number of rotatable bonds is 7. The lowest BCUT2D eigenvalue weighted by Crippen LogP contribution is -2.40. The molecule has 0 unspecified atom stereocenters. The highest BCUT2D eigenvalue weighted by molar-refractivity contribution is 6.07. The van der Waals surface area contributed by atoms with E-state index >= 15 is 4.39 Å². The van der Waals surface area contributed by atoms with Crippen LogP contribution < -0.4 is 4.90 Å². The Morgan fingerprint density at radius 3 is 2.62 bits per heavy atom. The number of aryl methyl sites for hydroxylation is 2. The Bertz CT molecular complexity index is 1790. The van der Waals surface area contributed by atoms with Crippen LogP contribution in [0.2, 0.25) is 0 Å². The molecule has 5 heterocycles. The van der Waals surface area contributed by atoms with Crippen molar-refractivity contribution in [1.29, 1.82) is 0 Å². The van der Waals surface area contributed by atoms with E-state index in [0.717, 1.165) is 73.2 Å². The van der Waals surface area contributed by atoms with E-state index in [1.165, 1.54) is 67.4 Å². The average Bonchev–Trinajstić information content (AvgIpc) is 3.70. The van der Waals surface area contributed by atoms with Crippen LogP contribution in [0, 0.1) is 11.2 Å². The highest BCUT2D eigenvalue weighted by Crippen LogP contribution is 2.43. The minimum atomic E-state index is -0.196. The van der Waals surface area contributed by atoms with Crippen molar-refractivity contribution in [3.05, 3.63) is 76.6 Å². The van der Waals surface area contributed by atoms with E-state index in [9.17, 15) is 5.11 Å². The molecule has 0 bridgehead atoms. The number of benzene rings is 2. The fourth-order valence-electron chi connectivity index (χ4n) is 9.35. The maximum Gasteiger partial charge on any atom is 0.127 e. The molecule has 3 saturated heterocycles. The first-order valence-corrected chi connectivity index (χ1v) is 18.1. The first-order chi connectivity index (χ1) is 22.9. The molecular formula is C40H53FN6O. The lowest BCUT2D eigenvalue weighted by molar-refractivity contribution is 0.182. The number of anilines is 1. The van der Waals surface area contributed by atoms with Crippen LogP contribution in [0.3, 0.4) is 0 Å². The largest absolute Gasteiger partial charge is 0.508 e. The molecule has 7 nitrogen and oxygen atoms in total. The maximum atomic E-state index is 15.2. The second kappa shape index (κ2) is 12.7. The Morgan fingerprint density at radius 2 is 1.88 bits per heavy atom. The molecule has 48 heavy (non-hydrogen) atoms. The number of aromatic nitrogens is 2. The van der Waals surface area contributed by atoms with E-state index in [1.54, 1.807) is 12.1 Å². The monoisotopic (exact) mass is 652 g/mol. The van der Waals surface area contributed by atoms with E-state index in [0.29, 0.717) is 24.1 Å². The van der Waals surface area contributed by atoms with Crippen molar-refractivity contribution in [3.63, 3.8) is 0 Å². The zero-order valence-electron chi connectivity index (χ0n) is 29.7. The van der Waals surface area contributed by atoms with Crippen LogP contribution in [0.4, 0.5) is 10.1 Å².